The van der Waals surface area contributed by atoms with Crippen LogP contribution in [0.3, 0.4) is 0 Å². The van der Waals surface area contributed by atoms with Crippen molar-refractivity contribution < 1.29 is 14.6 Å². The zero-order chi connectivity index (χ0) is 18.5. The molecule has 0 bridgehead atoms. The van der Waals surface area contributed by atoms with Gasteiger partial charge in [0.1, 0.15) is 5.84 Å². The van der Waals surface area contributed by atoms with Gasteiger partial charge in [0.05, 0.1) is 10.5 Å². The van der Waals surface area contributed by atoms with Crippen LogP contribution in [0.15, 0.2) is 71.9 Å². The zero-order valence-corrected chi connectivity index (χ0v) is 13.7. The molecule has 0 amide bonds. The Bertz CT molecular complexity index is 992. The van der Waals surface area contributed by atoms with Crippen LogP contribution in [0.1, 0.15) is 15.9 Å². The Morgan fingerprint density at radius 2 is 1.73 bits per heavy atom. The Balaban J connectivity index is 1.70. The van der Waals surface area contributed by atoms with E-state index in [0.29, 0.717) is 5.56 Å². The second-order valence-corrected chi connectivity index (χ2v) is 5.59. The number of nitro benzene ring substituents is 1. The van der Waals surface area contributed by atoms with E-state index in [1.165, 1.54) is 12.1 Å². The van der Waals surface area contributed by atoms with Gasteiger partial charge in [-0.25, -0.2) is 4.79 Å². The summed E-state index contributed by atoms with van der Waals surface area (Å²) in [5.74, 6) is -0.513. The number of amidine groups is 1. The van der Waals surface area contributed by atoms with Crippen LogP contribution in [0.5, 0.6) is 0 Å². The zero-order valence-electron chi connectivity index (χ0n) is 13.7. The van der Waals surface area contributed by atoms with Crippen molar-refractivity contribution in [2.24, 2.45) is 10.9 Å². The van der Waals surface area contributed by atoms with Crippen LogP contribution in [0, 0.1) is 10.1 Å². The normalized spacial score (nSPS) is 11.3. The predicted molar refractivity (Wildman–Crippen MR) is 97.8 cm³/mol. The van der Waals surface area contributed by atoms with Gasteiger partial charge in [0.2, 0.25) is 0 Å². The molecule has 0 unspecified atom stereocenters. The molecule has 0 atom stereocenters. The first-order valence-corrected chi connectivity index (χ1v) is 7.79. The average molecular weight is 349 g/mol. The fourth-order valence-electron chi connectivity index (χ4n) is 2.53. The lowest BCUT2D eigenvalue weighted by molar-refractivity contribution is -0.384. The van der Waals surface area contributed by atoms with E-state index >= 15 is 0 Å². The lowest BCUT2D eigenvalue weighted by Gasteiger charge is -2.04. The number of hydrogen-bond acceptors (Lipinski definition) is 5. The number of hydrogen-bond donors (Lipinski definition) is 1. The molecule has 2 N–H and O–H groups in total. The first-order chi connectivity index (χ1) is 12.5. The van der Waals surface area contributed by atoms with Crippen LogP contribution in [0.4, 0.5) is 5.69 Å². The van der Waals surface area contributed by atoms with Crippen molar-refractivity contribution in [3.8, 4) is 0 Å². The molecule has 3 aromatic carbocycles. The number of benzene rings is 3. The molecular weight excluding hydrogens is 334 g/mol. The van der Waals surface area contributed by atoms with Gasteiger partial charge in [-0.1, -0.05) is 53.7 Å². The molecule has 26 heavy (non-hydrogen) atoms. The minimum Gasteiger partial charge on any atom is -0.384 e. The summed E-state index contributed by atoms with van der Waals surface area (Å²) in [4.78, 5) is 27.4. The highest BCUT2D eigenvalue weighted by atomic mass is 16.7. The second kappa shape index (κ2) is 7.43. The number of rotatable bonds is 5. The molecule has 0 aromatic heterocycles. The van der Waals surface area contributed by atoms with Gasteiger partial charge < -0.3 is 10.6 Å². The smallest absolute Gasteiger partial charge is 0.366 e. The van der Waals surface area contributed by atoms with Gasteiger partial charge in [0.25, 0.3) is 5.69 Å². The molecule has 0 fully saturated rings. The van der Waals surface area contributed by atoms with Gasteiger partial charge in [-0.2, -0.15) is 0 Å². The number of nitro groups is 1. The molecule has 0 aliphatic carbocycles. The number of non-ortho nitro benzene ring substituents is 1. The fraction of sp³-hybridized carbons (Fsp3) is 0.0526. The highest BCUT2D eigenvalue weighted by Gasteiger charge is 2.12. The molecular formula is C19H15N3O4. The summed E-state index contributed by atoms with van der Waals surface area (Å²) in [6, 6.07) is 18.7. The number of nitrogens with zero attached hydrogens (tertiary/aromatic N) is 2. The molecule has 0 radical (unpaired) electrons. The molecule has 3 rings (SSSR count). The summed E-state index contributed by atoms with van der Waals surface area (Å²) in [5.41, 5.74) is 6.89. The molecule has 0 aliphatic heterocycles. The van der Waals surface area contributed by atoms with Gasteiger partial charge in [0.15, 0.2) is 0 Å². The second-order valence-electron chi connectivity index (χ2n) is 5.59. The summed E-state index contributed by atoms with van der Waals surface area (Å²) < 4.78 is 0. The van der Waals surface area contributed by atoms with Gasteiger partial charge in [0, 0.05) is 18.6 Å². The lowest BCUT2D eigenvalue weighted by Crippen LogP contribution is -2.16. The van der Waals surface area contributed by atoms with Gasteiger partial charge in [-0.05, 0) is 22.4 Å². The first-order valence-electron chi connectivity index (χ1n) is 7.79. The van der Waals surface area contributed by atoms with E-state index in [4.69, 9.17) is 10.6 Å². The summed E-state index contributed by atoms with van der Waals surface area (Å²) in [6.45, 7) is 0. The maximum atomic E-state index is 12.3. The minimum absolute atomic E-state index is 0.00774. The third kappa shape index (κ3) is 3.84. The third-order valence-corrected chi connectivity index (χ3v) is 3.79. The van der Waals surface area contributed by atoms with E-state index in [1.54, 1.807) is 24.3 Å². The fourth-order valence-corrected chi connectivity index (χ4v) is 2.53. The topological polar surface area (TPSA) is 108 Å². The molecule has 0 spiro atoms. The van der Waals surface area contributed by atoms with Gasteiger partial charge in [-0.3, -0.25) is 10.1 Å². The number of nitrogens with two attached hydrogens (primary N) is 1. The molecule has 0 heterocycles. The first kappa shape index (κ1) is 17.1. The van der Waals surface area contributed by atoms with Gasteiger partial charge >= 0.3 is 5.97 Å². The minimum atomic E-state index is -0.603. The monoisotopic (exact) mass is 349 g/mol. The van der Waals surface area contributed by atoms with Gasteiger partial charge in [-0.15, -0.1) is 0 Å². The average Bonchev–Trinajstić information content (AvgIpc) is 2.66. The highest BCUT2D eigenvalue weighted by Crippen LogP contribution is 2.19. The Kier molecular flexibility index (Phi) is 4.89. The lowest BCUT2D eigenvalue weighted by atomic mass is 10.1. The molecule has 7 nitrogen and oxygen atoms in total. The molecule has 0 aliphatic rings. The van der Waals surface area contributed by atoms with E-state index in [0.717, 1.165) is 16.3 Å². The number of fused-ring (bicyclic) bond motifs is 1. The molecule has 0 saturated carbocycles. The molecule has 7 heteroatoms. The highest BCUT2D eigenvalue weighted by molar-refractivity contribution is 6.04. The van der Waals surface area contributed by atoms with Crippen molar-refractivity contribution in [2.45, 2.75) is 6.42 Å². The Hall–Kier alpha value is -3.74. The third-order valence-electron chi connectivity index (χ3n) is 3.79. The van der Waals surface area contributed by atoms with Crippen LogP contribution >= 0.6 is 0 Å². The molecule has 3 aromatic rings. The van der Waals surface area contributed by atoms with Crippen molar-refractivity contribution in [1.29, 1.82) is 0 Å². The summed E-state index contributed by atoms with van der Waals surface area (Å²) in [6.07, 6.45) is 0.209. The summed E-state index contributed by atoms with van der Waals surface area (Å²) in [7, 11) is 0. The SMILES string of the molecule is N/C(Cc1ccc([N+](=O)[O-])cc1)=N\OC(=O)c1cccc2ccccc12. The number of carbonyl (C=O) groups excluding carboxylic acids is 1. The van der Waals surface area contributed by atoms with Crippen LogP contribution in [0.25, 0.3) is 10.8 Å². The molecule has 0 saturated heterocycles. The van der Waals surface area contributed by atoms with Crippen LogP contribution < -0.4 is 5.73 Å². The van der Waals surface area contributed by atoms with E-state index in [9.17, 15) is 14.9 Å². The number of carbonyl (C=O) groups is 1. The summed E-state index contributed by atoms with van der Waals surface area (Å²) in [5, 5.41) is 16.0. The standard InChI is InChI=1S/C19H15N3O4/c20-18(12-13-8-10-15(11-9-13)22(24)25)21-26-19(23)17-7-3-5-14-4-1-2-6-16(14)17/h1-11H,12H2,(H2,20,21). The van der Waals surface area contributed by atoms with Crippen LogP contribution in [-0.2, 0) is 11.3 Å². The van der Waals surface area contributed by atoms with Crippen molar-refractivity contribution in [3.05, 3.63) is 88.0 Å². The van der Waals surface area contributed by atoms with E-state index in [2.05, 4.69) is 5.16 Å². The van der Waals surface area contributed by atoms with Crippen molar-refractivity contribution in [1.82, 2.24) is 0 Å². The Labute approximate surface area is 148 Å². The Morgan fingerprint density at radius 3 is 2.46 bits per heavy atom. The predicted octanol–water partition coefficient (Wildman–Crippen LogP) is 3.42. The Morgan fingerprint density at radius 1 is 1.04 bits per heavy atom. The maximum Gasteiger partial charge on any atom is 0.366 e. The van der Waals surface area contributed by atoms with Crippen LogP contribution in [-0.4, -0.2) is 16.7 Å². The van der Waals surface area contributed by atoms with E-state index in [-0.39, 0.29) is 17.9 Å². The van der Waals surface area contributed by atoms with Crippen molar-refractivity contribution in [3.63, 3.8) is 0 Å². The van der Waals surface area contributed by atoms with Crippen LogP contribution in [0.2, 0.25) is 0 Å². The molecule has 130 valence electrons. The van der Waals surface area contributed by atoms with Crippen molar-refractivity contribution >= 4 is 28.3 Å². The summed E-state index contributed by atoms with van der Waals surface area (Å²) >= 11 is 0. The van der Waals surface area contributed by atoms with E-state index < -0.39 is 10.9 Å². The quantitative estimate of drug-likeness (QED) is 0.250. The van der Waals surface area contributed by atoms with Crippen molar-refractivity contribution in [2.75, 3.05) is 0 Å². The number of oxime groups is 1. The largest absolute Gasteiger partial charge is 0.384 e. The van der Waals surface area contributed by atoms with E-state index in [1.807, 2.05) is 30.3 Å². The maximum absolute atomic E-state index is 12.3.